The molecule has 0 bridgehead atoms. The fraction of sp³-hybridized carbons (Fsp3) is 0.933. The lowest BCUT2D eigenvalue weighted by Gasteiger charge is -2.39. The summed E-state index contributed by atoms with van der Waals surface area (Å²) in [7, 11) is 0. The maximum absolute atomic E-state index is 12.7. The Labute approximate surface area is 123 Å². The SMILES string of the molecule is O=C(C1CCC(C(F)(F)F)CC1)N1CCCCC1CCO. The molecule has 0 aromatic rings. The van der Waals surface area contributed by atoms with E-state index in [-0.39, 0.29) is 37.3 Å². The van der Waals surface area contributed by atoms with Gasteiger partial charge in [0.1, 0.15) is 0 Å². The zero-order chi connectivity index (χ0) is 15.5. The monoisotopic (exact) mass is 307 g/mol. The summed E-state index contributed by atoms with van der Waals surface area (Å²) in [6, 6.07) is 0.0663. The molecular formula is C15H24F3NO2. The van der Waals surface area contributed by atoms with E-state index in [0.717, 1.165) is 19.3 Å². The third kappa shape index (κ3) is 4.11. The van der Waals surface area contributed by atoms with E-state index < -0.39 is 12.1 Å². The number of carbonyl (C=O) groups is 1. The van der Waals surface area contributed by atoms with Crippen LogP contribution in [-0.2, 0) is 4.79 Å². The number of piperidine rings is 1. The minimum atomic E-state index is -4.13. The van der Waals surface area contributed by atoms with E-state index in [9.17, 15) is 18.0 Å². The number of aliphatic hydroxyl groups excluding tert-OH is 1. The first kappa shape index (κ1) is 16.6. The van der Waals surface area contributed by atoms with E-state index >= 15 is 0 Å². The Hall–Kier alpha value is -0.780. The Balaban J connectivity index is 1.91. The van der Waals surface area contributed by atoms with Crippen LogP contribution >= 0.6 is 0 Å². The third-order valence-electron chi connectivity index (χ3n) is 4.91. The number of aliphatic hydroxyl groups is 1. The number of likely N-dealkylation sites (tertiary alicyclic amines) is 1. The molecule has 1 heterocycles. The molecule has 21 heavy (non-hydrogen) atoms. The number of nitrogens with zero attached hydrogens (tertiary/aromatic N) is 1. The molecule has 122 valence electrons. The van der Waals surface area contributed by atoms with Gasteiger partial charge in [-0.3, -0.25) is 4.79 Å². The lowest BCUT2D eigenvalue weighted by Crippen LogP contribution is -2.47. The molecule has 2 aliphatic rings. The number of carbonyl (C=O) groups excluding carboxylic acids is 1. The molecule has 2 rings (SSSR count). The predicted molar refractivity (Wildman–Crippen MR) is 72.6 cm³/mol. The van der Waals surface area contributed by atoms with Crippen molar-refractivity contribution in [2.24, 2.45) is 11.8 Å². The molecule has 0 aromatic heterocycles. The summed E-state index contributed by atoms with van der Waals surface area (Å²) in [4.78, 5) is 14.4. The Morgan fingerprint density at radius 1 is 1.10 bits per heavy atom. The Morgan fingerprint density at radius 2 is 1.76 bits per heavy atom. The quantitative estimate of drug-likeness (QED) is 0.870. The summed E-state index contributed by atoms with van der Waals surface area (Å²) in [6.45, 7) is 0.734. The van der Waals surface area contributed by atoms with E-state index in [1.54, 1.807) is 0 Å². The lowest BCUT2D eigenvalue weighted by atomic mass is 9.80. The molecular weight excluding hydrogens is 283 g/mol. The second-order valence-corrected chi connectivity index (χ2v) is 6.28. The van der Waals surface area contributed by atoms with E-state index in [4.69, 9.17) is 5.11 Å². The Morgan fingerprint density at radius 3 is 2.33 bits per heavy atom. The summed E-state index contributed by atoms with van der Waals surface area (Å²) in [5.74, 6) is -1.49. The maximum Gasteiger partial charge on any atom is 0.391 e. The van der Waals surface area contributed by atoms with Crippen molar-refractivity contribution in [2.75, 3.05) is 13.2 Å². The first-order valence-corrected chi connectivity index (χ1v) is 7.91. The number of hydrogen-bond donors (Lipinski definition) is 1. The first-order chi connectivity index (χ1) is 9.93. The van der Waals surface area contributed by atoms with Gasteiger partial charge in [0.05, 0.1) is 5.92 Å². The minimum Gasteiger partial charge on any atom is -0.396 e. The van der Waals surface area contributed by atoms with Crippen molar-refractivity contribution in [3.63, 3.8) is 0 Å². The summed E-state index contributed by atoms with van der Waals surface area (Å²) >= 11 is 0. The number of alkyl halides is 3. The second-order valence-electron chi connectivity index (χ2n) is 6.28. The van der Waals surface area contributed by atoms with Crippen molar-refractivity contribution < 1.29 is 23.1 Å². The molecule has 1 N–H and O–H groups in total. The number of hydrogen-bond acceptors (Lipinski definition) is 2. The van der Waals surface area contributed by atoms with Crippen LogP contribution in [0.15, 0.2) is 0 Å². The molecule has 1 atom stereocenters. The zero-order valence-corrected chi connectivity index (χ0v) is 12.2. The van der Waals surface area contributed by atoms with Gasteiger partial charge in [0.15, 0.2) is 0 Å². The lowest BCUT2D eigenvalue weighted by molar-refractivity contribution is -0.185. The first-order valence-electron chi connectivity index (χ1n) is 7.91. The van der Waals surface area contributed by atoms with Gasteiger partial charge in [-0.05, 0) is 51.4 Å². The standard InChI is InChI=1S/C15H24F3NO2/c16-15(17,18)12-6-4-11(5-7-12)14(21)19-9-2-1-3-13(19)8-10-20/h11-13,20H,1-10H2. The number of halogens is 3. The van der Waals surface area contributed by atoms with E-state index in [0.29, 0.717) is 25.8 Å². The largest absolute Gasteiger partial charge is 0.396 e. The highest BCUT2D eigenvalue weighted by molar-refractivity contribution is 5.79. The number of rotatable bonds is 3. The molecule has 1 aliphatic heterocycles. The van der Waals surface area contributed by atoms with Crippen molar-refractivity contribution in [3.8, 4) is 0 Å². The van der Waals surface area contributed by atoms with Gasteiger partial charge in [0.25, 0.3) is 0 Å². The second kappa shape index (κ2) is 6.99. The van der Waals surface area contributed by atoms with Crippen LogP contribution in [0.5, 0.6) is 0 Å². The van der Waals surface area contributed by atoms with Crippen LogP contribution in [0.4, 0.5) is 13.2 Å². The Bertz CT molecular complexity index is 349. The van der Waals surface area contributed by atoms with Gasteiger partial charge in [-0.2, -0.15) is 13.2 Å². The highest BCUT2D eigenvalue weighted by atomic mass is 19.4. The van der Waals surface area contributed by atoms with Crippen molar-refractivity contribution >= 4 is 5.91 Å². The molecule has 3 nitrogen and oxygen atoms in total. The van der Waals surface area contributed by atoms with Crippen LogP contribution < -0.4 is 0 Å². The molecule has 2 fully saturated rings. The van der Waals surface area contributed by atoms with Crippen LogP contribution in [-0.4, -0.2) is 41.3 Å². The van der Waals surface area contributed by atoms with E-state index in [1.807, 2.05) is 4.90 Å². The van der Waals surface area contributed by atoms with Gasteiger partial charge in [-0.1, -0.05) is 0 Å². The highest BCUT2D eigenvalue weighted by Gasteiger charge is 2.43. The summed E-state index contributed by atoms with van der Waals surface area (Å²) in [5.41, 5.74) is 0. The third-order valence-corrected chi connectivity index (χ3v) is 4.91. The van der Waals surface area contributed by atoms with Gasteiger partial charge in [0.2, 0.25) is 5.91 Å². The molecule has 0 spiro atoms. The molecule has 1 aliphatic carbocycles. The van der Waals surface area contributed by atoms with Gasteiger partial charge < -0.3 is 10.0 Å². The van der Waals surface area contributed by atoms with E-state index in [1.165, 1.54) is 0 Å². The minimum absolute atomic E-state index is 0.00812. The summed E-state index contributed by atoms with van der Waals surface area (Å²) in [6.07, 6.45) is 0.154. The normalized spacial score (nSPS) is 31.2. The van der Waals surface area contributed by atoms with Crippen LogP contribution in [0.1, 0.15) is 51.4 Å². The molecule has 0 radical (unpaired) electrons. The van der Waals surface area contributed by atoms with Crippen molar-refractivity contribution in [3.05, 3.63) is 0 Å². The Kier molecular flexibility index (Phi) is 5.52. The molecule has 1 amide bonds. The smallest absolute Gasteiger partial charge is 0.391 e. The van der Waals surface area contributed by atoms with E-state index in [2.05, 4.69) is 0 Å². The van der Waals surface area contributed by atoms with Gasteiger partial charge in [-0.25, -0.2) is 0 Å². The van der Waals surface area contributed by atoms with Gasteiger partial charge in [0, 0.05) is 25.1 Å². The average Bonchev–Trinajstić information content (AvgIpc) is 2.47. The summed E-state index contributed by atoms with van der Waals surface area (Å²) < 4.78 is 38.0. The van der Waals surface area contributed by atoms with Gasteiger partial charge >= 0.3 is 6.18 Å². The zero-order valence-electron chi connectivity index (χ0n) is 12.2. The fourth-order valence-electron chi connectivity index (χ4n) is 3.64. The van der Waals surface area contributed by atoms with Crippen molar-refractivity contribution in [1.29, 1.82) is 0 Å². The van der Waals surface area contributed by atoms with Crippen LogP contribution in [0.25, 0.3) is 0 Å². The predicted octanol–water partition coefficient (Wildman–Crippen LogP) is 3.12. The van der Waals surface area contributed by atoms with Gasteiger partial charge in [-0.15, -0.1) is 0 Å². The molecule has 6 heteroatoms. The fourth-order valence-corrected chi connectivity index (χ4v) is 3.64. The topological polar surface area (TPSA) is 40.5 Å². The highest BCUT2D eigenvalue weighted by Crippen LogP contribution is 2.40. The maximum atomic E-state index is 12.7. The molecule has 0 aromatic carbocycles. The average molecular weight is 307 g/mol. The van der Waals surface area contributed by atoms with Crippen molar-refractivity contribution in [1.82, 2.24) is 4.90 Å². The van der Waals surface area contributed by atoms with Crippen LogP contribution in [0, 0.1) is 11.8 Å². The molecule has 1 saturated carbocycles. The molecule has 1 unspecified atom stereocenters. The molecule has 1 saturated heterocycles. The van der Waals surface area contributed by atoms with Crippen LogP contribution in [0.2, 0.25) is 0 Å². The number of amides is 1. The van der Waals surface area contributed by atoms with Crippen LogP contribution in [0.3, 0.4) is 0 Å². The van der Waals surface area contributed by atoms with Crippen molar-refractivity contribution in [2.45, 2.75) is 63.6 Å². The summed E-state index contributed by atoms with van der Waals surface area (Å²) in [5, 5.41) is 9.09.